The molecule has 0 saturated heterocycles. The first kappa shape index (κ1) is 13.8. The zero-order valence-electron chi connectivity index (χ0n) is 12.0. The molecular weight excluding hydrogens is 282 g/mol. The molecule has 3 aromatic rings. The fourth-order valence-electron chi connectivity index (χ4n) is 2.55. The Kier molecular flexibility index (Phi) is 3.76. The lowest BCUT2D eigenvalue weighted by Gasteiger charge is -2.24. The molecule has 2 aromatic carbocycles. The lowest BCUT2D eigenvalue weighted by atomic mass is 10.1. The molecule has 0 spiro atoms. The minimum atomic E-state index is 0.469. The fourth-order valence-corrected chi connectivity index (χ4v) is 2.77. The topological polar surface area (TPSA) is 29.0 Å². The Labute approximate surface area is 129 Å². The molecular formula is C17H16ClN3. The number of aryl methyl sites for hydroxylation is 1. The molecule has 0 amide bonds. The van der Waals surface area contributed by atoms with Crippen LogP contribution in [-0.4, -0.2) is 16.5 Å². The van der Waals surface area contributed by atoms with E-state index >= 15 is 0 Å². The average molecular weight is 298 g/mol. The lowest BCUT2D eigenvalue weighted by molar-refractivity contribution is 0.955. The van der Waals surface area contributed by atoms with Crippen molar-refractivity contribution >= 4 is 33.9 Å². The minimum absolute atomic E-state index is 0.469. The molecule has 0 unspecified atom stereocenters. The normalized spacial score (nSPS) is 10.8. The van der Waals surface area contributed by atoms with Gasteiger partial charge in [-0.15, -0.1) is 0 Å². The summed E-state index contributed by atoms with van der Waals surface area (Å²) < 4.78 is 0. The first-order chi connectivity index (χ1) is 10.2. The van der Waals surface area contributed by atoms with Crippen molar-refractivity contribution in [1.82, 2.24) is 9.97 Å². The number of fused-ring (bicyclic) bond motifs is 1. The Bertz CT molecular complexity index is 760. The highest BCUT2D eigenvalue weighted by Crippen LogP contribution is 2.31. The standard InChI is InChI=1S/C17H16ClN3/c1-3-21(17-11-16(18)19-12(2)20-17)15-10-6-8-13-7-4-5-9-14(13)15/h4-11H,3H2,1-2H3. The number of hydrogen-bond donors (Lipinski definition) is 0. The maximum Gasteiger partial charge on any atom is 0.138 e. The van der Waals surface area contributed by atoms with E-state index in [0.717, 1.165) is 18.1 Å². The molecule has 21 heavy (non-hydrogen) atoms. The highest BCUT2D eigenvalue weighted by atomic mass is 35.5. The number of anilines is 2. The molecule has 0 aliphatic heterocycles. The summed E-state index contributed by atoms with van der Waals surface area (Å²) in [4.78, 5) is 10.8. The first-order valence-corrected chi connectivity index (χ1v) is 7.33. The average Bonchev–Trinajstić information content (AvgIpc) is 2.47. The second-order valence-corrected chi connectivity index (χ2v) is 5.23. The van der Waals surface area contributed by atoms with Crippen LogP contribution in [0.25, 0.3) is 10.8 Å². The molecule has 3 rings (SSSR count). The Morgan fingerprint density at radius 2 is 1.81 bits per heavy atom. The zero-order valence-corrected chi connectivity index (χ0v) is 12.8. The number of nitrogens with zero attached hydrogens (tertiary/aromatic N) is 3. The van der Waals surface area contributed by atoms with Crippen molar-refractivity contribution in [2.24, 2.45) is 0 Å². The molecule has 0 aliphatic carbocycles. The molecule has 1 aromatic heterocycles. The van der Waals surface area contributed by atoms with Crippen molar-refractivity contribution in [1.29, 1.82) is 0 Å². The number of hydrogen-bond acceptors (Lipinski definition) is 3. The van der Waals surface area contributed by atoms with Crippen molar-refractivity contribution in [3.8, 4) is 0 Å². The van der Waals surface area contributed by atoms with Crippen LogP contribution in [0.1, 0.15) is 12.7 Å². The summed E-state index contributed by atoms with van der Waals surface area (Å²) in [6.07, 6.45) is 0. The smallest absolute Gasteiger partial charge is 0.138 e. The predicted octanol–water partition coefficient (Wildman–Crippen LogP) is 4.75. The van der Waals surface area contributed by atoms with Gasteiger partial charge in [-0.05, 0) is 25.3 Å². The Morgan fingerprint density at radius 1 is 1.05 bits per heavy atom. The van der Waals surface area contributed by atoms with Gasteiger partial charge in [0.05, 0.1) is 5.69 Å². The monoisotopic (exact) mass is 297 g/mol. The third kappa shape index (κ3) is 2.69. The van der Waals surface area contributed by atoms with Crippen LogP contribution in [0, 0.1) is 6.92 Å². The van der Waals surface area contributed by atoms with Gasteiger partial charge in [0.1, 0.15) is 16.8 Å². The highest BCUT2D eigenvalue weighted by Gasteiger charge is 2.13. The molecule has 4 heteroatoms. The van der Waals surface area contributed by atoms with Gasteiger partial charge in [-0.25, -0.2) is 9.97 Å². The molecule has 0 atom stereocenters. The quantitative estimate of drug-likeness (QED) is 0.653. The van der Waals surface area contributed by atoms with E-state index in [1.54, 1.807) is 6.07 Å². The summed E-state index contributed by atoms with van der Waals surface area (Å²) in [5, 5.41) is 2.88. The maximum absolute atomic E-state index is 6.08. The summed E-state index contributed by atoms with van der Waals surface area (Å²) in [7, 11) is 0. The SMILES string of the molecule is CCN(c1cc(Cl)nc(C)n1)c1cccc2ccccc12. The predicted molar refractivity (Wildman–Crippen MR) is 88.4 cm³/mol. The second-order valence-electron chi connectivity index (χ2n) is 4.84. The van der Waals surface area contributed by atoms with Crippen molar-refractivity contribution < 1.29 is 0 Å². The molecule has 0 saturated carbocycles. The summed E-state index contributed by atoms with van der Waals surface area (Å²) in [6, 6.07) is 16.4. The van der Waals surface area contributed by atoms with Gasteiger partial charge in [0.25, 0.3) is 0 Å². The largest absolute Gasteiger partial charge is 0.326 e. The molecule has 1 heterocycles. The molecule has 0 bridgehead atoms. The van der Waals surface area contributed by atoms with E-state index in [1.165, 1.54) is 10.8 Å². The molecule has 106 valence electrons. The van der Waals surface area contributed by atoms with Crippen LogP contribution in [0.3, 0.4) is 0 Å². The highest BCUT2D eigenvalue weighted by molar-refractivity contribution is 6.29. The van der Waals surface area contributed by atoms with Gasteiger partial charge in [0.2, 0.25) is 0 Å². The van der Waals surface area contributed by atoms with Crippen LogP contribution in [-0.2, 0) is 0 Å². The van der Waals surface area contributed by atoms with E-state index in [4.69, 9.17) is 11.6 Å². The lowest BCUT2D eigenvalue weighted by Crippen LogP contribution is -2.18. The van der Waals surface area contributed by atoms with Crippen LogP contribution in [0.2, 0.25) is 5.15 Å². The van der Waals surface area contributed by atoms with Gasteiger partial charge in [-0.2, -0.15) is 0 Å². The molecule has 0 radical (unpaired) electrons. The zero-order chi connectivity index (χ0) is 14.8. The number of benzene rings is 2. The molecule has 0 fully saturated rings. The van der Waals surface area contributed by atoms with Gasteiger partial charge >= 0.3 is 0 Å². The van der Waals surface area contributed by atoms with E-state index in [1.807, 2.05) is 13.0 Å². The van der Waals surface area contributed by atoms with Crippen molar-refractivity contribution in [2.45, 2.75) is 13.8 Å². The van der Waals surface area contributed by atoms with Crippen LogP contribution in [0.4, 0.5) is 11.5 Å². The Morgan fingerprint density at radius 3 is 2.57 bits per heavy atom. The van der Waals surface area contributed by atoms with Crippen LogP contribution in [0.15, 0.2) is 48.5 Å². The van der Waals surface area contributed by atoms with Gasteiger partial charge < -0.3 is 4.90 Å². The van der Waals surface area contributed by atoms with Gasteiger partial charge in [-0.1, -0.05) is 48.0 Å². The van der Waals surface area contributed by atoms with E-state index in [0.29, 0.717) is 11.0 Å². The van der Waals surface area contributed by atoms with Crippen molar-refractivity contribution in [3.63, 3.8) is 0 Å². The van der Waals surface area contributed by atoms with Gasteiger partial charge in [-0.3, -0.25) is 0 Å². The number of rotatable bonds is 3. The summed E-state index contributed by atoms with van der Waals surface area (Å²) in [5.74, 6) is 1.50. The Balaban J connectivity index is 2.18. The second kappa shape index (κ2) is 5.70. The third-order valence-corrected chi connectivity index (χ3v) is 3.64. The third-order valence-electron chi connectivity index (χ3n) is 3.44. The Hall–Kier alpha value is -2.13. The summed E-state index contributed by atoms with van der Waals surface area (Å²) in [5.41, 5.74) is 1.13. The van der Waals surface area contributed by atoms with E-state index in [2.05, 4.69) is 58.2 Å². The van der Waals surface area contributed by atoms with E-state index in [9.17, 15) is 0 Å². The maximum atomic E-state index is 6.08. The van der Waals surface area contributed by atoms with Gasteiger partial charge in [0.15, 0.2) is 0 Å². The van der Waals surface area contributed by atoms with E-state index in [-0.39, 0.29) is 0 Å². The molecule has 3 nitrogen and oxygen atoms in total. The minimum Gasteiger partial charge on any atom is -0.326 e. The summed E-state index contributed by atoms with van der Waals surface area (Å²) >= 11 is 6.08. The summed E-state index contributed by atoms with van der Waals surface area (Å²) in [6.45, 7) is 4.76. The van der Waals surface area contributed by atoms with E-state index < -0.39 is 0 Å². The number of aromatic nitrogens is 2. The number of halogens is 1. The van der Waals surface area contributed by atoms with Gasteiger partial charge in [0, 0.05) is 18.0 Å². The van der Waals surface area contributed by atoms with Crippen LogP contribution in [0.5, 0.6) is 0 Å². The fraction of sp³-hybridized carbons (Fsp3) is 0.176. The van der Waals surface area contributed by atoms with Crippen molar-refractivity contribution in [3.05, 3.63) is 59.5 Å². The first-order valence-electron chi connectivity index (χ1n) is 6.95. The van der Waals surface area contributed by atoms with Crippen LogP contribution >= 0.6 is 11.6 Å². The molecule has 0 N–H and O–H groups in total. The van der Waals surface area contributed by atoms with Crippen molar-refractivity contribution in [2.75, 3.05) is 11.4 Å². The molecule has 0 aliphatic rings. The van der Waals surface area contributed by atoms with Crippen LogP contribution < -0.4 is 4.90 Å².